The van der Waals surface area contributed by atoms with Crippen molar-refractivity contribution >= 4 is 11.0 Å². The van der Waals surface area contributed by atoms with Crippen molar-refractivity contribution in [1.29, 1.82) is 0 Å². The van der Waals surface area contributed by atoms with E-state index in [2.05, 4.69) is 9.97 Å². The van der Waals surface area contributed by atoms with E-state index in [1.54, 1.807) is 0 Å². The van der Waals surface area contributed by atoms with Crippen molar-refractivity contribution in [3.63, 3.8) is 0 Å². The minimum Gasteiger partial charge on any atom is -0.488 e. The Labute approximate surface area is 120 Å². The average molecular weight is 288 g/mol. The number of fused-ring (bicyclic) bond motifs is 1. The van der Waals surface area contributed by atoms with Gasteiger partial charge in [0.15, 0.2) is 17.4 Å². The van der Waals surface area contributed by atoms with Crippen molar-refractivity contribution in [1.82, 2.24) is 9.97 Å². The summed E-state index contributed by atoms with van der Waals surface area (Å²) in [6.07, 6.45) is 0.685. The Morgan fingerprint density at radius 1 is 1.14 bits per heavy atom. The Kier molecular flexibility index (Phi) is 3.56. The number of nitrogens with one attached hydrogen (secondary N) is 1. The van der Waals surface area contributed by atoms with Gasteiger partial charge in [0.25, 0.3) is 0 Å². The largest absolute Gasteiger partial charge is 0.488 e. The van der Waals surface area contributed by atoms with Crippen molar-refractivity contribution in [2.24, 2.45) is 0 Å². The fraction of sp³-hybridized carbons (Fsp3) is 0.188. The normalized spacial score (nSPS) is 11.0. The molecule has 0 fully saturated rings. The van der Waals surface area contributed by atoms with E-state index < -0.39 is 11.6 Å². The molecule has 0 atom stereocenters. The molecule has 0 unspecified atom stereocenters. The van der Waals surface area contributed by atoms with Crippen molar-refractivity contribution in [2.45, 2.75) is 13.3 Å². The predicted octanol–water partition coefficient (Wildman–Crippen LogP) is 4.30. The lowest BCUT2D eigenvalue weighted by Gasteiger charge is -2.08. The van der Waals surface area contributed by atoms with E-state index >= 15 is 0 Å². The van der Waals surface area contributed by atoms with Gasteiger partial charge in [-0.05, 0) is 30.7 Å². The van der Waals surface area contributed by atoms with Gasteiger partial charge < -0.3 is 9.72 Å². The molecule has 0 spiro atoms. The highest BCUT2D eigenvalue weighted by molar-refractivity contribution is 5.79. The Hall–Kier alpha value is -2.43. The number of benzene rings is 2. The van der Waals surface area contributed by atoms with Crippen LogP contribution in [0.1, 0.15) is 13.3 Å². The zero-order valence-electron chi connectivity index (χ0n) is 11.5. The maximum Gasteiger partial charge on any atom is 0.190 e. The first-order valence-corrected chi connectivity index (χ1v) is 6.76. The zero-order valence-corrected chi connectivity index (χ0v) is 11.5. The lowest BCUT2D eigenvalue weighted by atomic mass is 10.2. The summed E-state index contributed by atoms with van der Waals surface area (Å²) >= 11 is 0. The van der Waals surface area contributed by atoms with Crippen LogP contribution in [0.15, 0.2) is 36.4 Å². The molecule has 108 valence electrons. The second kappa shape index (κ2) is 5.52. The van der Waals surface area contributed by atoms with E-state index in [1.165, 1.54) is 12.1 Å². The van der Waals surface area contributed by atoms with Crippen molar-refractivity contribution in [2.75, 3.05) is 6.61 Å². The first kappa shape index (κ1) is 13.5. The van der Waals surface area contributed by atoms with Crippen LogP contribution < -0.4 is 4.74 Å². The quantitative estimate of drug-likeness (QED) is 0.777. The van der Waals surface area contributed by atoms with Crippen LogP contribution in [0.25, 0.3) is 22.4 Å². The van der Waals surface area contributed by atoms with Crippen LogP contribution in [0.4, 0.5) is 8.78 Å². The first-order chi connectivity index (χ1) is 10.2. The topological polar surface area (TPSA) is 37.9 Å². The molecular formula is C16H14F2N2O. The molecule has 1 aromatic heterocycles. The molecular weight excluding hydrogens is 274 g/mol. The predicted molar refractivity (Wildman–Crippen MR) is 77.2 cm³/mol. The number of para-hydroxylation sites is 2. The Balaban J connectivity index is 2.02. The molecule has 1 heterocycles. The molecule has 0 radical (unpaired) electrons. The highest BCUT2D eigenvalue weighted by Crippen LogP contribution is 2.28. The van der Waals surface area contributed by atoms with Gasteiger partial charge in [-0.2, -0.15) is 0 Å². The molecule has 5 heteroatoms. The Morgan fingerprint density at radius 2 is 1.86 bits per heavy atom. The summed E-state index contributed by atoms with van der Waals surface area (Å²) in [6, 6.07) is 9.87. The number of aromatic amines is 1. The van der Waals surface area contributed by atoms with Crippen molar-refractivity contribution in [3.8, 4) is 17.1 Å². The molecule has 0 aliphatic heterocycles. The average Bonchev–Trinajstić information content (AvgIpc) is 2.90. The van der Waals surface area contributed by atoms with Gasteiger partial charge in [0, 0.05) is 5.56 Å². The highest BCUT2D eigenvalue weighted by Gasteiger charge is 2.15. The number of hydrogen-bond donors (Lipinski definition) is 1. The SMILES string of the molecule is CCCOc1c(F)cc(-c2nc3ccccc3[nH]2)cc1F. The maximum absolute atomic E-state index is 14.0. The Morgan fingerprint density at radius 3 is 2.52 bits per heavy atom. The van der Waals surface area contributed by atoms with Gasteiger partial charge in [0.05, 0.1) is 17.6 Å². The number of aromatic nitrogens is 2. The number of H-pyrrole nitrogens is 1. The van der Waals surface area contributed by atoms with E-state index in [0.717, 1.165) is 11.0 Å². The lowest BCUT2D eigenvalue weighted by Crippen LogP contribution is -2.01. The number of hydrogen-bond acceptors (Lipinski definition) is 2. The van der Waals surface area contributed by atoms with Gasteiger partial charge >= 0.3 is 0 Å². The van der Waals surface area contributed by atoms with Crippen molar-refractivity contribution < 1.29 is 13.5 Å². The molecule has 0 aliphatic carbocycles. The smallest absolute Gasteiger partial charge is 0.190 e. The summed E-state index contributed by atoms with van der Waals surface area (Å²) < 4.78 is 33.0. The fourth-order valence-corrected chi connectivity index (χ4v) is 2.13. The lowest BCUT2D eigenvalue weighted by molar-refractivity contribution is 0.285. The summed E-state index contributed by atoms with van der Waals surface area (Å²) in [5.41, 5.74) is 1.92. The van der Waals surface area contributed by atoms with E-state index in [1.807, 2.05) is 31.2 Å². The highest BCUT2D eigenvalue weighted by atomic mass is 19.1. The summed E-state index contributed by atoms with van der Waals surface area (Å²) in [4.78, 5) is 7.37. The molecule has 21 heavy (non-hydrogen) atoms. The zero-order chi connectivity index (χ0) is 14.8. The van der Waals surface area contributed by atoms with Gasteiger partial charge in [-0.1, -0.05) is 19.1 Å². The van der Waals surface area contributed by atoms with Crippen molar-refractivity contribution in [3.05, 3.63) is 48.0 Å². The third-order valence-corrected chi connectivity index (χ3v) is 3.11. The van der Waals surface area contributed by atoms with Crippen LogP contribution in [-0.4, -0.2) is 16.6 Å². The van der Waals surface area contributed by atoms with Gasteiger partial charge in [0.2, 0.25) is 0 Å². The van der Waals surface area contributed by atoms with Crippen LogP contribution in [0.3, 0.4) is 0 Å². The van der Waals surface area contributed by atoms with Crippen LogP contribution in [0.2, 0.25) is 0 Å². The second-order valence-electron chi connectivity index (χ2n) is 4.72. The Bertz CT molecular complexity index is 727. The molecule has 0 amide bonds. The van der Waals surface area contributed by atoms with E-state index in [9.17, 15) is 8.78 Å². The number of rotatable bonds is 4. The van der Waals surface area contributed by atoms with Gasteiger partial charge in [0.1, 0.15) is 5.82 Å². The molecule has 3 rings (SSSR count). The van der Waals surface area contributed by atoms with Gasteiger partial charge in [-0.15, -0.1) is 0 Å². The molecule has 0 saturated carbocycles. The fourth-order valence-electron chi connectivity index (χ4n) is 2.13. The summed E-state index contributed by atoms with van der Waals surface area (Å²) in [6.45, 7) is 2.15. The van der Waals surface area contributed by atoms with E-state index in [0.29, 0.717) is 17.8 Å². The number of nitrogens with zero attached hydrogens (tertiary/aromatic N) is 1. The molecule has 0 bridgehead atoms. The third kappa shape index (κ3) is 2.59. The van der Waals surface area contributed by atoms with E-state index in [-0.39, 0.29) is 12.4 Å². The van der Waals surface area contributed by atoms with Gasteiger partial charge in [-0.3, -0.25) is 0 Å². The molecule has 2 aromatic carbocycles. The summed E-state index contributed by atoms with van der Waals surface area (Å²) in [5, 5.41) is 0. The van der Waals surface area contributed by atoms with Gasteiger partial charge in [-0.25, -0.2) is 13.8 Å². The summed E-state index contributed by atoms with van der Waals surface area (Å²) in [5.74, 6) is -1.36. The molecule has 3 aromatic rings. The third-order valence-electron chi connectivity index (χ3n) is 3.11. The van der Waals surface area contributed by atoms with Crippen LogP contribution in [0, 0.1) is 11.6 Å². The number of ether oxygens (including phenoxy) is 1. The second-order valence-corrected chi connectivity index (χ2v) is 4.72. The summed E-state index contributed by atoms with van der Waals surface area (Å²) in [7, 11) is 0. The molecule has 1 N–H and O–H groups in total. The monoisotopic (exact) mass is 288 g/mol. The van der Waals surface area contributed by atoms with E-state index in [4.69, 9.17) is 4.74 Å². The number of halogens is 2. The molecule has 0 saturated heterocycles. The number of imidazole rings is 1. The molecule has 3 nitrogen and oxygen atoms in total. The minimum atomic E-state index is -0.723. The maximum atomic E-state index is 14.0. The van der Waals surface area contributed by atoms with Crippen LogP contribution >= 0.6 is 0 Å². The minimum absolute atomic E-state index is 0.276. The van der Waals surface area contributed by atoms with Crippen LogP contribution in [0.5, 0.6) is 5.75 Å². The molecule has 0 aliphatic rings. The first-order valence-electron chi connectivity index (χ1n) is 6.76. The standard InChI is InChI=1S/C16H14F2N2O/c1-2-7-21-15-11(17)8-10(9-12(15)18)16-19-13-5-3-4-6-14(13)20-16/h3-6,8-9H,2,7H2,1H3,(H,19,20). The van der Waals surface area contributed by atoms with Crippen LogP contribution in [-0.2, 0) is 0 Å².